The number of carbonyl (C=O) groups excluding carboxylic acids is 1. The van der Waals surface area contributed by atoms with Crippen LogP contribution in [0.5, 0.6) is 11.5 Å². The fourth-order valence-electron chi connectivity index (χ4n) is 2.20. The number of nitrogens with one attached hydrogen (secondary N) is 1. The number of nitro benzene ring substituents is 1. The van der Waals surface area contributed by atoms with Crippen molar-refractivity contribution in [3.8, 4) is 11.5 Å². The van der Waals surface area contributed by atoms with E-state index < -0.39 is 4.92 Å². The number of aryl methyl sites for hydroxylation is 1. The summed E-state index contributed by atoms with van der Waals surface area (Å²) in [5.74, 6) is 0.0237. The third-order valence-electron chi connectivity index (χ3n) is 3.49. The summed E-state index contributed by atoms with van der Waals surface area (Å²) < 4.78 is 10.2. The van der Waals surface area contributed by atoms with Crippen LogP contribution in [-0.2, 0) is 0 Å². The molecule has 0 aliphatic carbocycles. The van der Waals surface area contributed by atoms with Crippen molar-refractivity contribution in [2.75, 3.05) is 14.2 Å². The highest BCUT2D eigenvalue weighted by atomic mass is 16.6. The Labute approximate surface area is 144 Å². The number of methoxy groups -OCH3 is 2. The number of nitrogens with zero attached hydrogens (tertiary/aromatic N) is 2. The van der Waals surface area contributed by atoms with E-state index in [1.54, 1.807) is 12.1 Å². The molecule has 0 atom stereocenters. The molecule has 0 fully saturated rings. The minimum absolute atomic E-state index is 0.0722. The van der Waals surface area contributed by atoms with Crippen LogP contribution in [0.1, 0.15) is 21.5 Å². The van der Waals surface area contributed by atoms with E-state index in [1.165, 1.54) is 32.6 Å². The zero-order valence-corrected chi connectivity index (χ0v) is 14.0. The van der Waals surface area contributed by atoms with Crippen molar-refractivity contribution in [2.45, 2.75) is 6.92 Å². The Morgan fingerprint density at radius 2 is 1.88 bits per heavy atom. The van der Waals surface area contributed by atoms with Crippen LogP contribution in [0.25, 0.3) is 0 Å². The molecule has 0 radical (unpaired) electrons. The van der Waals surface area contributed by atoms with Gasteiger partial charge in [-0.3, -0.25) is 14.9 Å². The van der Waals surface area contributed by atoms with Gasteiger partial charge in [0.25, 0.3) is 5.91 Å². The fourth-order valence-corrected chi connectivity index (χ4v) is 2.20. The lowest BCUT2D eigenvalue weighted by atomic mass is 10.1. The molecule has 1 N–H and O–H groups in total. The fraction of sp³-hybridized carbons (Fsp3) is 0.176. The Kier molecular flexibility index (Phi) is 5.67. The third-order valence-corrected chi connectivity index (χ3v) is 3.49. The van der Waals surface area contributed by atoms with Crippen molar-refractivity contribution in [1.29, 1.82) is 0 Å². The Bertz CT molecular complexity index is 833. The number of nitro groups is 1. The number of benzene rings is 2. The minimum Gasteiger partial charge on any atom is -0.496 e. The molecular weight excluding hydrogens is 326 g/mol. The first-order chi connectivity index (χ1) is 12.0. The summed E-state index contributed by atoms with van der Waals surface area (Å²) in [5.41, 5.74) is 3.80. The first-order valence-electron chi connectivity index (χ1n) is 7.27. The number of hydrazone groups is 1. The SMILES string of the molecule is COc1cc(OC)c([N+](=O)[O-])cc1/C=N/NC(=O)c1ccccc1C. The van der Waals surface area contributed by atoms with Crippen molar-refractivity contribution in [1.82, 2.24) is 5.43 Å². The van der Waals surface area contributed by atoms with E-state index >= 15 is 0 Å². The summed E-state index contributed by atoms with van der Waals surface area (Å²) in [4.78, 5) is 22.6. The van der Waals surface area contributed by atoms with Crippen molar-refractivity contribution in [3.63, 3.8) is 0 Å². The molecule has 1 amide bonds. The summed E-state index contributed by atoms with van der Waals surface area (Å²) in [7, 11) is 2.75. The van der Waals surface area contributed by atoms with Gasteiger partial charge in [-0.1, -0.05) is 18.2 Å². The van der Waals surface area contributed by atoms with Crippen LogP contribution in [0.2, 0.25) is 0 Å². The number of rotatable bonds is 6. The van der Waals surface area contributed by atoms with Gasteiger partial charge in [0.15, 0.2) is 0 Å². The zero-order chi connectivity index (χ0) is 18.4. The monoisotopic (exact) mass is 343 g/mol. The summed E-state index contributed by atoms with van der Waals surface area (Å²) in [5, 5.41) is 15.0. The van der Waals surface area contributed by atoms with Crippen LogP contribution in [-0.4, -0.2) is 31.3 Å². The quantitative estimate of drug-likeness (QED) is 0.493. The maximum absolute atomic E-state index is 12.1. The molecule has 0 spiro atoms. The van der Waals surface area contributed by atoms with Crippen LogP contribution in [0.3, 0.4) is 0 Å². The second-order valence-corrected chi connectivity index (χ2v) is 5.04. The summed E-state index contributed by atoms with van der Waals surface area (Å²) in [6.45, 7) is 1.81. The summed E-state index contributed by atoms with van der Waals surface area (Å²) in [6.07, 6.45) is 1.28. The maximum atomic E-state index is 12.1. The Hall–Kier alpha value is -3.42. The lowest BCUT2D eigenvalue weighted by Gasteiger charge is -2.08. The molecule has 0 aromatic heterocycles. The number of carbonyl (C=O) groups is 1. The predicted octanol–water partition coefficient (Wildman–Crippen LogP) is 2.68. The lowest BCUT2D eigenvalue weighted by molar-refractivity contribution is -0.385. The molecule has 2 aromatic carbocycles. The van der Waals surface area contributed by atoms with Gasteiger partial charge in [0, 0.05) is 23.3 Å². The molecule has 8 heteroatoms. The molecule has 0 heterocycles. The smallest absolute Gasteiger partial charge is 0.311 e. The highest BCUT2D eigenvalue weighted by Gasteiger charge is 2.19. The number of amides is 1. The summed E-state index contributed by atoms with van der Waals surface area (Å²) in [6, 6.07) is 9.73. The zero-order valence-electron chi connectivity index (χ0n) is 14.0. The molecule has 0 saturated carbocycles. The van der Waals surface area contributed by atoms with Gasteiger partial charge in [-0.05, 0) is 18.6 Å². The van der Waals surface area contributed by atoms with Gasteiger partial charge in [0.05, 0.1) is 25.4 Å². The van der Waals surface area contributed by atoms with Crippen LogP contribution >= 0.6 is 0 Å². The number of hydrogen-bond donors (Lipinski definition) is 1. The van der Waals surface area contributed by atoms with Crippen LogP contribution in [0.4, 0.5) is 5.69 Å². The molecule has 25 heavy (non-hydrogen) atoms. The normalized spacial score (nSPS) is 10.5. The average molecular weight is 343 g/mol. The predicted molar refractivity (Wildman–Crippen MR) is 92.4 cm³/mol. The van der Waals surface area contributed by atoms with Crippen LogP contribution in [0.15, 0.2) is 41.5 Å². The van der Waals surface area contributed by atoms with E-state index in [9.17, 15) is 14.9 Å². The third kappa shape index (κ3) is 4.11. The number of hydrogen-bond acceptors (Lipinski definition) is 6. The van der Waals surface area contributed by atoms with Gasteiger partial charge in [-0.2, -0.15) is 5.10 Å². The number of ether oxygens (including phenoxy) is 2. The molecule has 0 saturated heterocycles. The van der Waals surface area contributed by atoms with Crippen molar-refractivity contribution in [3.05, 3.63) is 63.2 Å². The highest BCUT2D eigenvalue weighted by Crippen LogP contribution is 2.33. The van der Waals surface area contributed by atoms with Crippen molar-refractivity contribution < 1.29 is 19.2 Å². The molecule has 2 rings (SSSR count). The maximum Gasteiger partial charge on any atom is 0.311 e. The highest BCUT2D eigenvalue weighted by molar-refractivity contribution is 5.96. The van der Waals surface area contributed by atoms with Gasteiger partial charge in [-0.25, -0.2) is 5.43 Å². The largest absolute Gasteiger partial charge is 0.496 e. The van der Waals surface area contributed by atoms with Crippen molar-refractivity contribution >= 4 is 17.8 Å². The van der Waals surface area contributed by atoms with Gasteiger partial charge < -0.3 is 9.47 Å². The first kappa shape index (κ1) is 17.9. The van der Waals surface area contributed by atoms with E-state index in [0.29, 0.717) is 16.9 Å². The van der Waals surface area contributed by atoms with Crippen LogP contribution < -0.4 is 14.9 Å². The molecule has 0 aliphatic heterocycles. The van der Waals surface area contributed by atoms with E-state index in [0.717, 1.165) is 5.56 Å². The molecule has 130 valence electrons. The van der Waals surface area contributed by atoms with Gasteiger partial charge >= 0.3 is 5.69 Å². The second kappa shape index (κ2) is 7.91. The standard InChI is InChI=1S/C17H17N3O5/c1-11-6-4-5-7-13(11)17(21)19-18-10-12-8-14(20(22)23)16(25-3)9-15(12)24-2/h4-10H,1-3H3,(H,19,21)/b18-10+. The molecule has 2 aromatic rings. The first-order valence-corrected chi connectivity index (χ1v) is 7.27. The minimum atomic E-state index is -0.568. The van der Waals surface area contributed by atoms with Crippen molar-refractivity contribution in [2.24, 2.45) is 5.10 Å². The van der Waals surface area contributed by atoms with Gasteiger partial charge in [0.2, 0.25) is 5.75 Å². The molecule has 0 aliphatic rings. The Morgan fingerprint density at radius 3 is 2.48 bits per heavy atom. The molecule has 0 unspecified atom stereocenters. The molecular formula is C17H17N3O5. The van der Waals surface area contributed by atoms with E-state index in [-0.39, 0.29) is 17.3 Å². The summed E-state index contributed by atoms with van der Waals surface area (Å²) >= 11 is 0. The van der Waals surface area contributed by atoms with E-state index in [2.05, 4.69) is 10.5 Å². The van der Waals surface area contributed by atoms with E-state index in [1.807, 2.05) is 19.1 Å². The Morgan fingerprint density at radius 1 is 1.20 bits per heavy atom. The average Bonchev–Trinajstić information content (AvgIpc) is 2.61. The van der Waals surface area contributed by atoms with Gasteiger partial charge in [0.1, 0.15) is 5.75 Å². The lowest BCUT2D eigenvalue weighted by Crippen LogP contribution is -2.18. The van der Waals surface area contributed by atoms with Crippen LogP contribution in [0, 0.1) is 17.0 Å². The van der Waals surface area contributed by atoms with Gasteiger partial charge in [-0.15, -0.1) is 0 Å². The second-order valence-electron chi connectivity index (χ2n) is 5.04. The van der Waals surface area contributed by atoms with E-state index in [4.69, 9.17) is 9.47 Å². The molecule has 0 bridgehead atoms. The topological polar surface area (TPSA) is 103 Å². The molecule has 8 nitrogen and oxygen atoms in total. The Balaban J connectivity index is 2.25.